The number of carbonyl (C=O) groups is 2. The second-order valence-electron chi connectivity index (χ2n) is 9.96. The largest absolute Gasteiger partial charge is 0.481 e. The van der Waals surface area contributed by atoms with E-state index in [1.54, 1.807) is 18.6 Å². The molecule has 0 unspecified atom stereocenters. The molecule has 2 aromatic carbocycles. The Morgan fingerprint density at radius 2 is 1.71 bits per heavy atom. The maximum Gasteiger partial charge on any atom is 0.300 e. The Labute approximate surface area is 245 Å². The van der Waals surface area contributed by atoms with Crippen LogP contribution in [0.5, 0.6) is 0 Å². The van der Waals surface area contributed by atoms with Crippen LogP contribution in [0, 0.1) is 6.92 Å². The Balaban J connectivity index is 0.000000952. The van der Waals surface area contributed by atoms with Gasteiger partial charge in [0, 0.05) is 80.7 Å². The third-order valence-electron chi connectivity index (χ3n) is 6.58. The van der Waals surface area contributed by atoms with Crippen LogP contribution in [0.25, 0.3) is 11.3 Å². The van der Waals surface area contributed by atoms with Crippen LogP contribution < -0.4 is 16.1 Å². The van der Waals surface area contributed by atoms with E-state index in [2.05, 4.69) is 48.0 Å². The number of hydrogen-bond acceptors (Lipinski definition) is 9. The van der Waals surface area contributed by atoms with Gasteiger partial charge in [-0.05, 0) is 67.6 Å². The first-order valence-electron chi connectivity index (χ1n) is 13.6. The number of aryl methyl sites for hydroxylation is 1. The van der Waals surface area contributed by atoms with Gasteiger partial charge in [-0.25, -0.2) is 15.0 Å². The second kappa shape index (κ2) is 14.8. The van der Waals surface area contributed by atoms with E-state index in [9.17, 15) is 4.79 Å². The molecule has 4 N–H and O–H groups in total. The summed E-state index contributed by atoms with van der Waals surface area (Å²) in [5.41, 5.74) is 9.42. The Morgan fingerprint density at radius 3 is 2.40 bits per heavy atom. The first kappa shape index (κ1) is 30.3. The van der Waals surface area contributed by atoms with Crippen LogP contribution in [0.3, 0.4) is 0 Å². The molecular formula is C31H36N8O3. The fraction of sp³-hybridized carbons (Fsp3) is 0.258. The summed E-state index contributed by atoms with van der Waals surface area (Å²) in [7, 11) is 2.15. The molecule has 1 aliphatic heterocycles. The lowest BCUT2D eigenvalue weighted by molar-refractivity contribution is -0.134. The smallest absolute Gasteiger partial charge is 0.300 e. The molecule has 0 spiro atoms. The van der Waals surface area contributed by atoms with Gasteiger partial charge in [0.25, 0.3) is 11.9 Å². The molecule has 218 valence electrons. The summed E-state index contributed by atoms with van der Waals surface area (Å²) < 4.78 is 0. The average molecular weight is 569 g/mol. The quantitative estimate of drug-likeness (QED) is 0.245. The Hall–Kier alpha value is -4.71. The number of amides is 1. The van der Waals surface area contributed by atoms with Crippen LogP contribution in [0.4, 0.5) is 17.3 Å². The molecule has 11 nitrogen and oxygen atoms in total. The normalized spacial score (nSPS) is 13.5. The van der Waals surface area contributed by atoms with E-state index in [1.807, 2.05) is 67.6 Å². The molecule has 0 bridgehead atoms. The molecule has 0 atom stereocenters. The third kappa shape index (κ3) is 9.16. The van der Waals surface area contributed by atoms with Gasteiger partial charge < -0.3 is 20.6 Å². The van der Waals surface area contributed by atoms with Crippen molar-refractivity contribution in [1.29, 1.82) is 0 Å². The Bertz CT molecular complexity index is 1470. The molecule has 0 aliphatic carbocycles. The zero-order valence-electron chi connectivity index (χ0n) is 24.0. The zero-order valence-corrected chi connectivity index (χ0v) is 24.0. The first-order valence-corrected chi connectivity index (χ1v) is 13.6. The number of pyridine rings is 1. The van der Waals surface area contributed by atoms with Gasteiger partial charge in [0.1, 0.15) is 0 Å². The fourth-order valence-corrected chi connectivity index (χ4v) is 4.19. The number of nitrogens with one attached hydrogen (secondary N) is 3. The molecule has 2 aromatic heterocycles. The number of anilines is 3. The standard InChI is InChI=1S/C29H32N8O.C2H4O2/c1-21-5-10-25(18-27(21)35-29-31-13-11-26(34-29)24-4-3-12-30-20-24)33-28(38)23-8-6-22(7-9-23)19-32-37-16-14-36(2)15-17-37;1-2(3)4/h3-13,18,20,32H,14-17,19H2,1-2H3,(H,33,38)(H,31,34,35);1H3,(H,3,4). The summed E-state index contributed by atoms with van der Waals surface area (Å²) in [4.78, 5) is 37.4. The van der Waals surface area contributed by atoms with Gasteiger partial charge in [0.15, 0.2) is 0 Å². The highest BCUT2D eigenvalue weighted by atomic mass is 16.4. The van der Waals surface area contributed by atoms with Crippen molar-refractivity contribution in [3.05, 3.63) is 95.9 Å². The molecule has 1 amide bonds. The predicted molar refractivity (Wildman–Crippen MR) is 163 cm³/mol. The first-order chi connectivity index (χ1) is 20.3. The minimum absolute atomic E-state index is 0.159. The molecule has 5 rings (SSSR count). The van der Waals surface area contributed by atoms with E-state index in [0.717, 1.165) is 67.7 Å². The molecule has 1 aliphatic rings. The van der Waals surface area contributed by atoms with Crippen LogP contribution in [-0.4, -0.2) is 75.1 Å². The highest BCUT2D eigenvalue weighted by Crippen LogP contribution is 2.24. The molecule has 1 saturated heterocycles. The van der Waals surface area contributed by atoms with Gasteiger partial charge in [-0.15, -0.1) is 0 Å². The summed E-state index contributed by atoms with van der Waals surface area (Å²) in [6, 6.07) is 19.1. The zero-order chi connectivity index (χ0) is 29.9. The average Bonchev–Trinajstić information content (AvgIpc) is 2.99. The van der Waals surface area contributed by atoms with Crippen LogP contribution in [0.2, 0.25) is 0 Å². The number of hydrogen-bond donors (Lipinski definition) is 4. The maximum absolute atomic E-state index is 12.9. The summed E-state index contributed by atoms with van der Waals surface area (Å²) >= 11 is 0. The van der Waals surface area contributed by atoms with Gasteiger partial charge in [-0.1, -0.05) is 18.2 Å². The summed E-state index contributed by atoms with van der Waals surface area (Å²) in [5, 5.41) is 15.9. The number of aliphatic carboxylic acids is 1. The molecule has 4 aromatic rings. The Morgan fingerprint density at radius 1 is 0.976 bits per heavy atom. The molecule has 3 heterocycles. The fourth-order valence-electron chi connectivity index (χ4n) is 4.19. The number of nitrogens with zero attached hydrogens (tertiary/aromatic N) is 5. The summed E-state index contributed by atoms with van der Waals surface area (Å²) in [6.45, 7) is 7.95. The SMILES string of the molecule is CC(=O)O.Cc1ccc(NC(=O)c2ccc(CNN3CCN(C)CC3)cc2)cc1Nc1nccc(-c2cccnc2)n1. The van der Waals surface area contributed by atoms with Gasteiger partial charge in [-0.2, -0.15) is 0 Å². The van der Waals surface area contributed by atoms with Gasteiger partial charge in [0.2, 0.25) is 5.95 Å². The summed E-state index contributed by atoms with van der Waals surface area (Å²) in [6.07, 6.45) is 5.21. The highest BCUT2D eigenvalue weighted by Gasteiger charge is 2.13. The van der Waals surface area contributed by atoms with Crippen molar-refractivity contribution in [2.75, 3.05) is 43.9 Å². The molecule has 42 heavy (non-hydrogen) atoms. The van der Waals surface area contributed by atoms with Crippen molar-refractivity contribution in [3.63, 3.8) is 0 Å². The van der Waals surface area contributed by atoms with E-state index in [1.165, 1.54) is 0 Å². The van der Waals surface area contributed by atoms with E-state index in [4.69, 9.17) is 9.90 Å². The monoisotopic (exact) mass is 568 g/mol. The van der Waals surface area contributed by atoms with Crippen LogP contribution >= 0.6 is 0 Å². The molecule has 0 radical (unpaired) electrons. The van der Waals surface area contributed by atoms with Crippen molar-refractivity contribution in [2.24, 2.45) is 0 Å². The summed E-state index contributed by atoms with van der Waals surface area (Å²) in [5.74, 6) is -0.521. The number of carboxylic acid groups (broad SMARTS) is 1. The number of carboxylic acids is 1. The Kier molecular flexibility index (Phi) is 10.6. The van der Waals surface area contributed by atoms with Crippen LogP contribution in [0.1, 0.15) is 28.4 Å². The number of rotatable bonds is 8. The molecule has 1 fully saturated rings. The minimum Gasteiger partial charge on any atom is -0.481 e. The van der Waals surface area contributed by atoms with Gasteiger partial charge >= 0.3 is 0 Å². The second-order valence-corrected chi connectivity index (χ2v) is 9.96. The van der Waals surface area contributed by atoms with Crippen molar-refractivity contribution in [1.82, 2.24) is 30.3 Å². The highest BCUT2D eigenvalue weighted by molar-refractivity contribution is 6.04. The number of benzene rings is 2. The molecule has 0 saturated carbocycles. The number of likely N-dealkylation sites (N-methyl/N-ethyl adjacent to an activating group) is 1. The van der Waals surface area contributed by atoms with E-state index < -0.39 is 5.97 Å². The van der Waals surface area contributed by atoms with Gasteiger partial charge in [-0.3, -0.25) is 20.0 Å². The lowest BCUT2D eigenvalue weighted by Gasteiger charge is -2.32. The van der Waals surface area contributed by atoms with Crippen LogP contribution in [-0.2, 0) is 11.3 Å². The molecule has 11 heteroatoms. The van der Waals surface area contributed by atoms with Crippen molar-refractivity contribution >= 4 is 29.2 Å². The molecular weight excluding hydrogens is 532 g/mol. The predicted octanol–water partition coefficient (Wildman–Crippen LogP) is 4.19. The number of carbonyl (C=O) groups excluding carboxylic acids is 1. The van der Waals surface area contributed by atoms with Crippen molar-refractivity contribution < 1.29 is 14.7 Å². The van der Waals surface area contributed by atoms with Crippen molar-refractivity contribution in [3.8, 4) is 11.3 Å². The van der Waals surface area contributed by atoms with E-state index in [0.29, 0.717) is 17.2 Å². The van der Waals surface area contributed by atoms with Gasteiger partial charge in [0.05, 0.1) is 5.69 Å². The topological polar surface area (TPSA) is 136 Å². The van der Waals surface area contributed by atoms with Crippen molar-refractivity contribution in [2.45, 2.75) is 20.4 Å². The number of hydrazine groups is 1. The lowest BCUT2D eigenvalue weighted by Crippen LogP contribution is -2.50. The number of aromatic nitrogens is 3. The maximum atomic E-state index is 12.9. The third-order valence-corrected chi connectivity index (χ3v) is 6.58. The lowest BCUT2D eigenvalue weighted by atomic mass is 10.1. The minimum atomic E-state index is -0.833. The van der Waals surface area contributed by atoms with E-state index >= 15 is 0 Å². The van der Waals surface area contributed by atoms with E-state index in [-0.39, 0.29) is 5.91 Å². The van der Waals surface area contributed by atoms with Crippen LogP contribution in [0.15, 0.2) is 79.3 Å². The number of piperazine rings is 1.